The SMILES string of the molecule is O=C(Nc1ccc2c(c1)COC2)c1cnc2c(c1)N(CC1CCCO1)C(=O)CN2. The van der Waals surface area contributed by atoms with Gasteiger partial charge in [0.2, 0.25) is 5.91 Å². The zero-order valence-corrected chi connectivity index (χ0v) is 15.9. The fourth-order valence-corrected chi connectivity index (χ4v) is 3.95. The van der Waals surface area contributed by atoms with Crippen LogP contribution in [0.5, 0.6) is 0 Å². The number of amides is 2. The zero-order chi connectivity index (χ0) is 19.8. The van der Waals surface area contributed by atoms with E-state index in [2.05, 4.69) is 15.6 Å². The summed E-state index contributed by atoms with van der Waals surface area (Å²) in [6.07, 6.45) is 3.49. The maximum Gasteiger partial charge on any atom is 0.257 e. The molecule has 0 radical (unpaired) electrons. The second-order valence-corrected chi connectivity index (χ2v) is 7.52. The number of fused-ring (bicyclic) bond motifs is 2. The molecule has 1 aromatic carbocycles. The molecule has 1 saturated heterocycles. The van der Waals surface area contributed by atoms with Gasteiger partial charge in [-0.05, 0) is 42.2 Å². The van der Waals surface area contributed by atoms with Crippen molar-refractivity contribution in [2.45, 2.75) is 32.2 Å². The first-order chi connectivity index (χ1) is 14.2. The van der Waals surface area contributed by atoms with Crippen molar-refractivity contribution in [3.8, 4) is 0 Å². The van der Waals surface area contributed by atoms with Crippen LogP contribution in [0.4, 0.5) is 17.2 Å². The monoisotopic (exact) mass is 394 g/mol. The molecule has 0 aliphatic carbocycles. The van der Waals surface area contributed by atoms with Crippen LogP contribution in [0.1, 0.15) is 34.3 Å². The van der Waals surface area contributed by atoms with Crippen molar-refractivity contribution in [3.63, 3.8) is 0 Å². The molecular formula is C21H22N4O4. The maximum atomic E-state index is 12.8. The standard InChI is InChI=1S/C21H22N4O4/c26-19-9-23-20-18(25(19)10-17-2-1-5-29-17)7-14(8-22-20)21(27)24-16-4-3-13-11-28-12-15(13)6-16/h3-4,6-8,17H,1-2,5,9-12H2,(H,22,23)(H,24,27). The predicted octanol–water partition coefficient (Wildman–Crippen LogP) is 2.30. The first-order valence-corrected chi connectivity index (χ1v) is 9.84. The Hall–Kier alpha value is -2.97. The van der Waals surface area contributed by atoms with E-state index in [4.69, 9.17) is 9.47 Å². The lowest BCUT2D eigenvalue weighted by Crippen LogP contribution is -2.44. The lowest BCUT2D eigenvalue weighted by atomic mass is 10.1. The second kappa shape index (κ2) is 7.46. The average molecular weight is 394 g/mol. The van der Waals surface area contributed by atoms with Gasteiger partial charge in [0.15, 0.2) is 0 Å². The molecule has 0 saturated carbocycles. The highest BCUT2D eigenvalue weighted by Gasteiger charge is 2.29. The Morgan fingerprint density at radius 3 is 3.03 bits per heavy atom. The number of hydrogen-bond donors (Lipinski definition) is 2. The maximum absolute atomic E-state index is 12.8. The van der Waals surface area contributed by atoms with Crippen LogP contribution in [0.15, 0.2) is 30.5 Å². The molecule has 8 nitrogen and oxygen atoms in total. The average Bonchev–Trinajstić information content (AvgIpc) is 3.41. The highest BCUT2D eigenvalue weighted by molar-refractivity contribution is 6.07. The molecule has 2 N–H and O–H groups in total. The first kappa shape index (κ1) is 18.1. The van der Waals surface area contributed by atoms with Gasteiger partial charge in [0.25, 0.3) is 5.91 Å². The number of nitrogens with one attached hydrogen (secondary N) is 2. The molecule has 1 unspecified atom stereocenters. The van der Waals surface area contributed by atoms with Crippen LogP contribution in [0.3, 0.4) is 0 Å². The van der Waals surface area contributed by atoms with Gasteiger partial charge in [-0.2, -0.15) is 0 Å². The molecule has 2 aromatic rings. The van der Waals surface area contributed by atoms with Crippen LogP contribution < -0.4 is 15.5 Å². The summed E-state index contributed by atoms with van der Waals surface area (Å²) in [6.45, 7) is 2.57. The smallest absolute Gasteiger partial charge is 0.257 e. The Kier molecular flexibility index (Phi) is 4.65. The third kappa shape index (κ3) is 3.56. The van der Waals surface area contributed by atoms with Gasteiger partial charge < -0.3 is 25.0 Å². The molecule has 1 atom stereocenters. The van der Waals surface area contributed by atoms with Gasteiger partial charge in [-0.25, -0.2) is 4.98 Å². The van der Waals surface area contributed by atoms with Gasteiger partial charge in [-0.1, -0.05) is 6.07 Å². The Morgan fingerprint density at radius 2 is 2.17 bits per heavy atom. The Labute approximate surface area is 168 Å². The number of nitrogens with zero attached hydrogens (tertiary/aromatic N) is 2. The minimum Gasteiger partial charge on any atom is -0.376 e. The molecule has 1 fully saturated rings. The van der Waals surface area contributed by atoms with Crippen molar-refractivity contribution < 1.29 is 19.1 Å². The van der Waals surface area contributed by atoms with Gasteiger partial charge in [0.1, 0.15) is 5.82 Å². The molecule has 1 aromatic heterocycles. The number of ether oxygens (including phenoxy) is 2. The van der Waals surface area contributed by atoms with Crippen molar-refractivity contribution in [2.75, 3.05) is 35.2 Å². The predicted molar refractivity (Wildman–Crippen MR) is 107 cm³/mol. The lowest BCUT2D eigenvalue weighted by molar-refractivity contribution is -0.117. The van der Waals surface area contributed by atoms with Crippen LogP contribution in [-0.4, -0.2) is 42.6 Å². The summed E-state index contributed by atoms with van der Waals surface area (Å²) in [6, 6.07) is 7.48. The van der Waals surface area contributed by atoms with Crippen molar-refractivity contribution in [1.82, 2.24) is 4.98 Å². The summed E-state index contributed by atoms with van der Waals surface area (Å²) < 4.78 is 11.1. The number of carbonyl (C=O) groups is 2. The van der Waals surface area contributed by atoms with E-state index in [9.17, 15) is 9.59 Å². The molecule has 5 rings (SSSR count). The van der Waals surface area contributed by atoms with Crippen LogP contribution in [0, 0.1) is 0 Å². The molecule has 3 aliphatic heterocycles. The molecule has 2 amide bonds. The minimum absolute atomic E-state index is 0.0241. The minimum atomic E-state index is -0.269. The van der Waals surface area contributed by atoms with Gasteiger partial charge in [-0.3, -0.25) is 9.59 Å². The molecule has 3 aliphatic rings. The van der Waals surface area contributed by atoms with Crippen LogP contribution >= 0.6 is 0 Å². The van der Waals surface area contributed by atoms with E-state index in [-0.39, 0.29) is 24.5 Å². The summed E-state index contributed by atoms with van der Waals surface area (Å²) in [5.41, 5.74) is 3.96. The Morgan fingerprint density at radius 1 is 1.28 bits per heavy atom. The fourth-order valence-electron chi connectivity index (χ4n) is 3.95. The number of pyridine rings is 1. The van der Waals surface area contributed by atoms with E-state index in [1.165, 1.54) is 6.20 Å². The van der Waals surface area contributed by atoms with E-state index in [1.807, 2.05) is 18.2 Å². The zero-order valence-electron chi connectivity index (χ0n) is 15.9. The molecule has 8 heteroatoms. The Bertz CT molecular complexity index is 971. The van der Waals surface area contributed by atoms with Crippen molar-refractivity contribution >= 4 is 29.0 Å². The normalized spacial score (nSPS) is 20.2. The summed E-state index contributed by atoms with van der Waals surface area (Å²) in [7, 11) is 0. The summed E-state index contributed by atoms with van der Waals surface area (Å²) in [4.78, 5) is 31.3. The summed E-state index contributed by atoms with van der Waals surface area (Å²) in [5.74, 6) is 0.286. The molecule has 150 valence electrons. The van der Waals surface area contributed by atoms with Crippen molar-refractivity contribution in [2.24, 2.45) is 0 Å². The van der Waals surface area contributed by atoms with Crippen molar-refractivity contribution in [1.29, 1.82) is 0 Å². The van der Waals surface area contributed by atoms with Crippen LogP contribution in [0.2, 0.25) is 0 Å². The molecule has 4 heterocycles. The largest absolute Gasteiger partial charge is 0.376 e. The number of aromatic nitrogens is 1. The van der Waals surface area contributed by atoms with Gasteiger partial charge in [0, 0.05) is 18.5 Å². The van der Waals surface area contributed by atoms with E-state index in [0.717, 1.165) is 30.6 Å². The molecular weight excluding hydrogens is 372 g/mol. The lowest BCUT2D eigenvalue weighted by Gasteiger charge is -2.31. The van der Waals surface area contributed by atoms with E-state index < -0.39 is 0 Å². The third-order valence-electron chi connectivity index (χ3n) is 5.52. The molecule has 0 spiro atoms. The van der Waals surface area contributed by atoms with Crippen molar-refractivity contribution in [3.05, 3.63) is 47.2 Å². The number of anilines is 3. The van der Waals surface area contributed by atoms with Crippen LogP contribution in [-0.2, 0) is 27.5 Å². The topological polar surface area (TPSA) is 92.8 Å². The highest BCUT2D eigenvalue weighted by atomic mass is 16.5. The van der Waals surface area contributed by atoms with Crippen LogP contribution in [0.25, 0.3) is 0 Å². The summed E-state index contributed by atoms with van der Waals surface area (Å²) >= 11 is 0. The quantitative estimate of drug-likeness (QED) is 0.827. The third-order valence-corrected chi connectivity index (χ3v) is 5.52. The number of hydrogen-bond acceptors (Lipinski definition) is 6. The fraction of sp³-hybridized carbons (Fsp3) is 0.381. The van der Waals surface area contributed by atoms with Gasteiger partial charge in [-0.15, -0.1) is 0 Å². The molecule has 29 heavy (non-hydrogen) atoms. The number of carbonyl (C=O) groups excluding carboxylic acids is 2. The summed E-state index contributed by atoms with van der Waals surface area (Å²) in [5, 5.41) is 5.93. The Balaban J connectivity index is 1.37. The van der Waals surface area contributed by atoms with Gasteiger partial charge >= 0.3 is 0 Å². The highest BCUT2D eigenvalue weighted by Crippen LogP contribution is 2.30. The first-order valence-electron chi connectivity index (χ1n) is 9.84. The second-order valence-electron chi connectivity index (χ2n) is 7.52. The number of rotatable bonds is 4. The van der Waals surface area contributed by atoms with E-state index in [0.29, 0.717) is 42.5 Å². The van der Waals surface area contributed by atoms with E-state index in [1.54, 1.807) is 11.0 Å². The van der Waals surface area contributed by atoms with Gasteiger partial charge in [0.05, 0.1) is 43.7 Å². The molecule has 0 bridgehead atoms. The van der Waals surface area contributed by atoms with E-state index >= 15 is 0 Å². The number of benzene rings is 1.